The first-order valence-electron chi connectivity index (χ1n) is 12.4. The smallest absolute Gasteiger partial charge is 0.345 e. The monoisotopic (exact) mass is 608 g/mol. The molecule has 6 nitrogen and oxygen atoms in total. The van der Waals surface area contributed by atoms with Crippen molar-refractivity contribution in [3.63, 3.8) is 0 Å². The number of esters is 1. The first kappa shape index (κ1) is 26.5. The average Bonchev–Trinajstić information content (AvgIpc) is 3.57. The van der Waals surface area contributed by atoms with Crippen LogP contribution in [0.3, 0.4) is 0 Å². The molecule has 0 bridgehead atoms. The fraction of sp³-hybridized carbons (Fsp3) is 0.241. The topological polar surface area (TPSA) is 82.3 Å². The molecule has 0 aliphatic heterocycles. The van der Waals surface area contributed by atoms with Crippen molar-refractivity contribution in [3.05, 3.63) is 73.7 Å². The van der Waals surface area contributed by atoms with E-state index >= 15 is 0 Å². The lowest BCUT2D eigenvalue weighted by atomic mass is 10.0. The van der Waals surface area contributed by atoms with Gasteiger partial charge in [-0.3, -0.25) is 4.79 Å². The summed E-state index contributed by atoms with van der Waals surface area (Å²) in [6, 6.07) is 13.4. The Morgan fingerprint density at radius 3 is 2.39 bits per heavy atom. The zero-order valence-corrected chi connectivity index (χ0v) is 24.2. The summed E-state index contributed by atoms with van der Waals surface area (Å²) in [5.74, 6) is 0.0392. The molecule has 194 valence electrons. The normalized spacial score (nSPS) is 11.2. The summed E-state index contributed by atoms with van der Waals surface area (Å²) in [6.45, 7) is 3.54. The number of hydrogen-bond acceptors (Lipinski definition) is 8. The third-order valence-electron chi connectivity index (χ3n) is 6.08. The van der Waals surface area contributed by atoms with Crippen LogP contribution in [-0.2, 0) is 11.2 Å². The van der Waals surface area contributed by atoms with Gasteiger partial charge in [-0.05, 0) is 42.7 Å². The number of nitrogens with zero attached hydrogens (tertiary/aromatic N) is 2. The predicted molar refractivity (Wildman–Crippen MR) is 157 cm³/mol. The van der Waals surface area contributed by atoms with Gasteiger partial charge in [-0.15, -0.1) is 22.7 Å². The fourth-order valence-corrected chi connectivity index (χ4v) is 6.15. The van der Waals surface area contributed by atoms with Crippen LogP contribution in [0.15, 0.2) is 66.9 Å². The number of benzene rings is 2. The predicted octanol–water partition coefficient (Wildman–Crippen LogP) is 8.52. The van der Waals surface area contributed by atoms with Gasteiger partial charge in [-0.25, -0.2) is 14.8 Å². The van der Waals surface area contributed by atoms with Gasteiger partial charge in [-0.1, -0.05) is 54.2 Å². The van der Waals surface area contributed by atoms with E-state index in [1.165, 1.54) is 29.6 Å². The van der Waals surface area contributed by atoms with E-state index in [9.17, 15) is 9.59 Å². The molecule has 0 unspecified atom stereocenters. The number of halogens is 1. The molecule has 3 aromatic heterocycles. The minimum absolute atomic E-state index is 0.377. The Balaban J connectivity index is 1.46. The number of ether oxygens (including phenoxy) is 1. The summed E-state index contributed by atoms with van der Waals surface area (Å²) in [5, 5.41) is 6.17. The van der Waals surface area contributed by atoms with Gasteiger partial charge in [0.15, 0.2) is 10.0 Å². The first-order chi connectivity index (χ1) is 18.4. The van der Waals surface area contributed by atoms with E-state index in [0.29, 0.717) is 22.6 Å². The SMILES string of the molecule is CCCCCCc1cc2cc(-c3csc(-c4nc(-c5ccc(Br)cc5)cs4)n3)c(=O)oc2cc1OC(C)=O. The second-order valence-corrected chi connectivity index (χ2v) is 11.6. The molecule has 0 atom stereocenters. The molecule has 0 saturated carbocycles. The third-order valence-corrected chi connectivity index (χ3v) is 8.43. The van der Waals surface area contributed by atoms with E-state index in [1.54, 1.807) is 6.07 Å². The molecule has 5 rings (SSSR count). The van der Waals surface area contributed by atoms with Gasteiger partial charge in [0.05, 0.1) is 17.0 Å². The van der Waals surface area contributed by atoms with E-state index in [2.05, 4.69) is 22.9 Å². The van der Waals surface area contributed by atoms with Crippen LogP contribution in [0.25, 0.3) is 43.5 Å². The average molecular weight is 610 g/mol. The standard InChI is InChI=1S/C29H25BrN2O4S2/c1-3-4-5-6-7-19-12-20-13-22(29(34)36-26(20)14-25(19)35-17(2)33)24-16-38-28(32-24)27-31-23(15-37-27)18-8-10-21(30)11-9-18/h8-16H,3-7H2,1-2H3. The maximum atomic E-state index is 12.9. The first-order valence-corrected chi connectivity index (χ1v) is 14.9. The molecule has 5 aromatic rings. The number of unbranched alkanes of at least 4 members (excludes halogenated alkanes) is 3. The van der Waals surface area contributed by atoms with Crippen molar-refractivity contribution in [1.29, 1.82) is 0 Å². The highest BCUT2D eigenvalue weighted by molar-refractivity contribution is 9.10. The molecule has 0 radical (unpaired) electrons. The fourth-order valence-electron chi connectivity index (χ4n) is 4.18. The van der Waals surface area contributed by atoms with Crippen LogP contribution in [0.1, 0.15) is 45.1 Å². The lowest BCUT2D eigenvalue weighted by Gasteiger charge is -2.11. The molecule has 38 heavy (non-hydrogen) atoms. The number of rotatable bonds is 9. The number of carbonyl (C=O) groups excluding carboxylic acids is 1. The van der Waals surface area contributed by atoms with E-state index in [4.69, 9.17) is 19.1 Å². The van der Waals surface area contributed by atoms with Crippen molar-refractivity contribution < 1.29 is 13.9 Å². The van der Waals surface area contributed by atoms with Crippen molar-refractivity contribution in [2.75, 3.05) is 0 Å². The molecule has 0 amide bonds. The van der Waals surface area contributed by atoms with Crippen LogP contribution in [0, 0.1) is 0 Å². The van der Waals surface area contributed by atoms with Crippen molar-refractivity contribution in [2.24, 2.45) is 0 Å². The number of aromatic nitrogens is 2. The van der Waals surface area contributed by atoms with Crippen molar-refractivity contribution >= 4 is 55.5 Å². The largest absolute Gasteiger partial charge is 0.426 e. The molecule has 0 spiro atoms. The molecule has 9 heteroatoms. The Kier molecular flexibility index (Phi) is 8.16. The number of carbonyl (C=O) groups is 1. The number of aryl methyl sites for hydroxylation is 1. The van der Waals surface area contributed by atoms with Crippen molar-refractivity contribution in [3.8, 4) is 38.3 Å². The highest BCUT2D eigenvalue weighted by Crippen LogP contribution is 2.34. The summed E-state index contributed by atoms with van der Waals surface area (Å²) in [6.07, 6.45) is 5.17. The summed E-state index contributed by atoms with van der Waals surface area (Å²) >= 11 is 6.42. The Morgan fingerprint density at radius 1 is 0.974 bits per heavy atom. The highest BCUT2D eigenvalue weighted by atomic mass is 79.9. The van der Waals surface area contributed by atoms with E-state index in [0.717, 1.165) is 68.8 Å². The number of thiazole rings is 2. The lowest BCUT2D eigenvalue weighted by Crippen LogP contribution is -2.06. The van der Waals surface area contributed by atoms with Gasteiger partial charge in [0.1, 0.15) is 11.3 Å². The lowest BCUT2D eigenvalue weighted by molar-refractivity contribution is -0.131. The van der Waals surface area contributed by atoms with Gasteiger partial charge in [0.2, 0.25) is 0 Å². The Bertz CT molecular complexity index is 1650. The quantitative estimate of drug-likeness (QED) is 0.0721. The second-order valence-electron chi connectivity index (χ2n) is 8.93. The summed E-state index contributed by atoms with van der Waals surface area (Å²) < 4.78 is 12.1. The van der Waals surface area contributed by atoms with Crippen LogP contribution in [0.5, 0.6) is 5.75 Å². The van der Waals surface area contributed by atoms with E-state index < -0.39 is 11.6 Å². The van der Waals surface area contributed by atoms with Crippen molar-refractivity contribution in [1.82, 2.24) is 9.97 Å². The van der Waals surface area contributed by atoms with Crippen LogP contribution in [0.4, 0.5) is 0 Å². The maximum absolute atomic E-state index is 12.9. The molecule has 3 heterocycles. The van der Waals surface area contributed by atoms with Gasteiger partial charge in [-0.2, -0.15) is 0 Å². The minimum Gasteiger partial charge on any atom is -0.426 e. The zero-order valence-electron chi connectivity index (χ0n) is 21.0. The molecule has 0 N–H and O–H groups in total. The third kappa shape index (κ3) is 5.95. The Hall–Kier alpha value is -3.14. The van der Waals surface area contributed by atoms with Gasteiger partial charge in [0.25, 0.3) is 0 Å². The minimum atomic E-state index is -0.492. The molecule has 0 fully saturated rings. The van der Waals surface area contributed by atoms with Crippen LogP contribution < -0.4 is 10.4 Å². The molecule has 0 aliphatic carbocycles. The van der Waals surface area contributed by atoms with E-state index in [-0.39, 0.29) is 0 Å². The van der Waals surface area contributed by atoms with Crippen LogP contribution in [0.2, 0.25) is 0 Å². The Labute approximate surface area is 236 Å². The molecular formula is C29H25BrN2O4S2. The van der Waals surface area contributed by atoms with Crippen LogP contribution >= 0.6 is 38.6 Å². The number of fused-ring (bicyclic) bond motifs is 1. The molecular weight excluding hydrogens is 584 g/mol. The highest BCUT2D eigenvalue weighted by Gasteiger charge is 2.17. The second kappa shape index (κ2) is 11.7. The summed E-state index contributed by atoms with van der Waals surface area (Å²) in [4.78, 5) is 34.1. The van der Waals surface area contributed by atoms with Crippen molar-refractivity contribution in [2.45, 2.75) is 46.0 Å². The van der Waals surface area contributed by atoms with E-state index in [1.807, 2.05) is 47.2 Å². The molecule has 0 saturated heterocycles. The summed E-state index contributed by atoms with van der Waals surface area (Å²) in [7, 11) is 0. The molecule has 2 aromatic carbocycles. The van der Waals surface area contributed by atoms with Crippen LogP contribution in [-0.4, -0.2) is 15.9 Å². The summed E-state index contributed by atoms with van der Waals surface area (Å²) in [5.41, 5.74) is 3.66. The maximum Gasteiger partial charge on any atom is 0.345 e. The van der Waals surface area contributed by atoms with Gasteiger partial charge >= 0.3 is 11.6 Å². The Morgan fingerprint density at radius 2 is 1.68 bits per heavy atom. The van der Waals surface area contributed by atoms with Gasteiger partial charge < -0.3 is 9.15 Å². The number of hydrogen-bond donors (Lipinski definition) is 0. The zero-order chi connectivity index (χ0) is 26.6. The molecule has 0 aliphatic rings. The van der Waals surface area contributed by atoms with Gasteiger partial charge in [0, 0.05) is 39.2 Å².